The van der Waals surface area contributed by atoms with Gasteiger partial charge in [-0.1, -0.05) is 0 Å². The number of halogens is 1. The van der Waals surface area contributed by atoms with Crippen molar-refractivity contribution in [3.8, 4) is 0 Å². The standard InChI is InChI=1S/C16H18FN5O2/c1-21-9-14(23)22(16(21)24)7-3-2-6-18-15-12-5-4-11(17)8-13(12)19-10-20-15/h4-5,8,10H,2-3,6-7,9H2,1H3,(H,18,19,20). The highest BCUT2D eigenvalue weighted by molar-refractivity contribution is 6.01. The van der Waals surface area contributed by atoms with Crippen LogP contribution in [0.15, 0.2) is 24.5 Å². The van der Waals surface area contributed by atoms with Crippen LogP contribution in [0.2, 0.25) is 0 Å². The van der Waals surface area contributed by atoms with Gasteiger partial charge in [0.05, 0.1) is 5.52 Å². The van der Waals surface area contributed by atoms with Gasteiger partial charge in [-0.05, 0) is 25.0 Å². The van der Waals surface area contributed by atoms with Gasteiger partial charge in [0.15, 0.2) is 0 Å². The van der Waals surface area contributed by atoms with Crippen LogP contribution in [0.4, 0.5) is 15.0 Å². The highest BCUT2D eigenvalue weighted by Gasteiger charge is 2.32. The summed E-state index contributed by atoms with van der Waals surface area (Å²) in [6.07, 6.45) is 2.87. The van der Waals surface area contributed by atoms with Gasteiger partial charge in [0, 0.05) is 31.6 Å². The molecule has 0 saturated carbocycles. The molecule has 1 aromatic heterocycles. The number of carbonyl (C=O) groups is 2. The van der Waals surface area contributed by atoms with E-state index < -0.39 is 0 Å². The molecule has 1 saturated heterocycles. The lowest BCUT2D eigenvalue weighted by atomic mass is 10.2. The Labute approximate surface area is 138 Å². The first-order valence-electron chi connectivity index (χ1n) is 7.76. The Balaban J connectivity index is 1.51. The van der Waals surface area contributed by atoms with Gasteiger partial charge >= 0.3 is 6.03 Å². The lowest BCUT2D eigenvalue weighted by Gasteiger charge is -2.14. The van der Waals surface area contributed by atoms with E-state index >= 15 is 0 Å². The minimum atomic E-state index is -0.336. The van der Waals surface area contributed by atoms with E-state index in [1.54, 1.807) is 13.1 Å². The fraction of sp³-hybridized carbons (Fsp3) is 0.375. The third-order valence-electron chi connectivity index (χ3n) is 3.93. The zero-order valence-corrected chi connectivity index (χ0v) is 13.3. The molecule has 0 atom stereocenters. The third-order valence-corrected chi connectivity index (χ3v) is 3.93. The molecular weight excluding hydrogens is 313 g/mol. The number of nitrogens with one attached hydrogen (secondary N) is 1. The van der Waals surface area contributed by atoms with Crippen LogP contribution in [-0.2, 0) is 4.79 Å². The summed E-state index contributed by atoms with van der Waals surface area (Å²) in [5.41, 5.74) is 0.545. The van der Waals surface area contributed by atoms with Gasteiger partial charge in [0.1, 0.15) is 24.5 Å². The monoisotopic (exact) mass is 331 g/mol. The number of hydrogen-bond acceptors (Lipinski definition) is 5. The van der Waals surface area contributed by atoms with Gasteiger partial charge in [-0.3, -0.25) is 9.69 Å². The first-order valence-corrected chi connectivity index (χ1v) is 7.76. The molecule has 1 aromatic carbocycles. The molecule has 2 aromatic rings. The van der Waals surface area contributed by atoms with E-state index in [4.69, 9.17) is 0 Å². The van der Waals surface area contributed by atoms with Crippen molar-refractivity contribution in [3.05, 3.63) is 30.3 Å². The maximum absolute atomic E-state index is 13.2. The lowest BCUT2D eigenvalue weighted by molar-refractivity contribution is -0.125. The quantitative estimate of drug-likeness (QED) is 0.646. The molecule has 0 bridgehead atoms. The van der Waals surface area contributed by atoms with Gasteiger partial charge in [-0.25, -0.2) is 19.2 Å². The Morgan fingerprint density at radius 2 is 2.08 bits per heavy atom. The average Bonchev–Trinajstić information content (AvgIpc) is 2.80. The van der Waals surface area contributed by atoms with Crippen LogP contribution in [0.3, 0.4) is 0 Å². The Hall–Kier alpha value is -2.77. The Morgan fingerprint density at radius 1 is 1.25 bits per heavy atom. The number of aromatic nitrogens is 2. The second kappa shape index (κ2) is 6.77. The first kappa shape index (κ1) is 16.1. The second-order valence-electron chi connectivity index (χ2n) is 5.70. The van der Waals surface area contributed by atoms with Gasteiger partial charge in [-0.2, -0.15) is 0 Å². The average molecular weight is 331 g/mol. The summed E-state index contributed by atoms with van der Waals surface area (Å²) in [6, 6.07) is 4.14. The number of likely N-dealkylation sites (N-methyl/N-ethyl adjacent to an activating group) is 1. The fourth-order valence-electron chi connectivity index (χ4n) is 2.66. The topological polar surface area (TPSA) is 78.4 Å². The third kappa shape index (κ3) is 3.27. The van der Waals surface area contributed by atoms with Crippen molar-refractivity contribution in [2.45, 2.75) is 12.8 Å². The number of unbranched alkanes of at least 4 members (excludes halogenated alkanes) is 1. The smallest absolute Gasteiger partial charge is 0.326 e. The molecule has 0 spiro atoms. The fourth-order valence-corrected chi connectivity index (χ4v) is 2.66. The van der Waals surface area contributed by atoms with Crippen LogP contribution in [-0.4, -0.2) is 58.4 Å². The van der Waals surface area contributed by atoms with E-state index in [0.717, 1.165) is 11.8 Å². The summed E-state index contributed by atoms with van der Waals surface area (Å²) in [7, 11) is 1.62. The SMILES string of the molecule is CN1CC(=O)N(CCCCNc2ncnc3cc(F)ccc23)C1=O. The molecule has 8 heteroatoms. The van der Waals surface area contributed by atoms with Crippen LogP contribution < -0.4 is 5.32 Å². The molecule has 7 nitrogen and oxygen atoms in total. The van der Waals surface area contributed by atoms with Crippen molar-refractivity contribution < 1.29 is 14.0 Å². The summed E-state index contributed by atoms with van der Waals surface area (Å²) in [6.45, 7) is 1.20. The molecule has 3 rings (SSSR count). The zero-order valence-electron chi connectivity index (χ0n) is 13.3. The normalized spacial score (nSPS) is 14.8. The largest absolute Gasteiger partial charge is 0.369 e. The van der Waals surface area contributed by atoms with Crippen molar-refractivity contribution in [1.29, 1.82) is 0 Å². The second-order valence-corrected chi connectivity index (χ2v) is 5.70. The van der Waals surface area contributed by atoms with E-state index in [1.165, 1.54) is 28.3 Å². The number of urea groups is 1. The molecule has 1 fully saturated rings. The van der Waals surface area contributed by atoms with Crippen molar-refractivity contribution >= 4 is 28.7 Å². The number of nitrogens with zero attached hydrogens (tertiary/aromatic N) is 4. The number of amides is 3. The molecule has 1 N–H and O–H groups in total. The van der Waals surface area contributed by atoms with Crippen LogP contribution in [0.5, 0.6) is 0 Å². The molecule has 1 aliphatic rings. The van der Waals surface area contributed by atoms with Gasteiger partial charge in [0.25, 0.3) is 0 Å². The van der Waals surface area contributed by atoms with Crippen molar-refractivity contribution in [2.75, 3.05) is 32.0 Å². The van der Waals surface area contributed by atoms with E-state index in [2.05, 4.69) is 15.3 Å². The van der Waals surface area contributed by atoms with Crippen LogP contribution in [0, 0.1) is 5.82 Å². The molecule has 126 valence electrons. The molecular formula is C16H18FN5O2. The molecule has 0 unspecified atom stereocenters. The molecule has 2 heterocycles. The summed E-state index contributed by atoms with van der Waals surface area (Å²) >= 11 is 0. The Morgan fingerprint density at radius 3 is 2.83 bits per heavy atom. The van der Waals surface area contributed by atoms with Crippen LogP contribution >= 0.6 is 0 Å². The minimum absolute atomic E-state index is 0.153. The van der Waals surface area contributed by atoms with Crippen LogP contribution in [0.25, 0.3) is 10.9 Å². The number of anilines is 1. The summed E-state index contributed by atoms with van der Waals surface area (Å²) < 4.78 is 13.2. The molecule has 1 aliphatic heterocycles. The van der Waals surface area contributed by atoms with E-state index in [-0.39, 0.29) is 24.3 Å². The highest BCUT2D eigenvalue weighted by Crippen LogP contribution is 2.19. The maximum atomic E-state index is 13.2. The minimum Gasteiger partial charge on any atom is -0.369 e. The first-order chi connectivity index (χ1) is 11.6. The lowest BCUT2D eigenvalue weighted by Crippen LogP contribution is -2.32. The number of fused-ring (bicyclic) bond motifs is 1. The summed E-state index contributed by atoms with van der Waals surface area (Å²) in [4.78, 5) is 34.3. The number of benzene rings is 1. The number of rotatable bonds is 6. The Bertz CT molecular complexity index is 782. The molecule has 3 amide bonds. The molecule has 0 aliphatic carbocycles. The molecule has 24 heavy (non-hydrogen) atoms. The van der Waals surface area contributed by atoms with Gasteiger partial charge in [-0.15, -0.1) is 0 Å². The zero-order chi connectivity index (χ0) is 17.1. The van der Waals surface area contributed by atoms with E-state index in [9.17, 15) is 14.0 Å². The number of hydrogen-bond donors (Lipinski definition) is 1. The van der Waals surface area contributed by atoms with Crippen molar-refractivity contribution in [3.63, 3.8) is 0 Å². The van der Waals surface area contributed by atoms with Crippen molar-refractivity contribution in [1.82, 2.24) is 19.8 Å². The van der Waals surface area contributed by atoms with E-state index in [1.807, 2.05) is 0 Å². The van der Waals surface area contributed by atoms with Crippen LogP contribution in [0.1, 0.15) is 12.8 Å². The molecule has 0 radical (unpaired) electrons. The predicted octanol–water partition coefficient (Wildman–Crippen LogP) is 1.85. The predicted molar refractivity (Wildman–Crippen MR) is 87.0 cm³/mol. The summed E-state index contributed by atoms with van der Waals surface area (Å²) in [5.74, 6) is 0.157. The van der Waals surface area contributed by atoms with Gasteiger partial charge in [0.2, 0.25) is 5.91 Å². The van der Waals surface area contributed by atoms with Gasteiger partial charge < -0.3 is 10.2 Å². The van der Waals surface area contributed by atoms with Crippen molar-refractivity contribution in [2.24, 2.45) is 0 Å². The number of imide groups is 1. The summed E-state index contributed by atoms with van der Waals surface area (Å²) in [5, 5.41) is 3.95. The highest BCUT2D eigenvalue weighted by atomic mass is 19.1. The Kier molecular flexibility index (Phi) is 4.54. The van der Waals surface area contributed by atoms with E-state index in [0.29, 0.717) is 30.8 Å². The number of carbonyl (C=O) groups excluding carboxylic acids is 2. The maximum Gasteiger partial charge on any atom is 0.326 e.